The van der Waals surface area contributed by atoms with Crippen LogP contribution in [0.25, 0.3) is 0 Å². The normalized spacial score (nSPS) is 12.3. The van der Waals surface area contributed by atoms with Crippen molar-refractivity contribution in [2.75, 3.05) is 5.32 Å². The van der Waals surface area contributed by atoms with Gasteiger partial charge in [0, 0.05) is 16.9 Å². The molecule has 8 heteroatoms. The third kappa shape index (κ3) is 4.57. The zero-order chi connectivity index (χ0) is 21.8. The summed E-state index contributed by atoms with van der Waals surface area (Å²) >= 11 is 0.367. The first kappa shape index (κ1) is 20.2. The van der Waals surface area contributed by atoms with E-state index in [1.165, 1.54) is 30.5 Å². The number of urea groups is 1. The van der Waals surface area contributed by atoms with E-state index in [9.17, 15) is 14.4 Å². The Morgan fingerprint density at radius 3 is 2.48 bits per heavy atom. The number of rotatable bonds is 3. The maximum absolute atomic E-state index is 12.8. The average Bonchev–Trinajstić information content (AvgIpc) is 2.79. The minimum absolute atomic E-state index is 0.0623. The molecule has 1 aromatic heterocycles. The van der Waals surface area contributed by atoms with Crippen LogP contribution in [0.3, 0.4) is 0 Å². The van der Waals surface area contributed by atoms with E-state index in [1.807, 2.05) is 30.3 Å². The number of hydrogen-bond donors (Lipinski definition) is 3. The molecule has 2 heterocycles. The molecule has 1 radical (unpaired) electrons. The molecular weight excluding hydrogens is 414 g/mol. The van der Waals surface area contributed by atoms with E-state index in [4.69, 9.17) is 5.11 Å². The van der Waals surface area contributed by atoms with Gasteiger partial charge in [-0.25, -0.2) is 18.9 Å². The highest BCUT2D eigenvalue weighted by atomic mass is 32.2. The fourth-order valence-corrected chi connectivity index (χ4v) is 3.83. The second-order valence-corrected chi connectivity index (χ2v) is 7.66. The fourth-order valence-electron chi connectivity index (χ4n) is 2.86. The molecule has 3 amide bonds. The standard InChI is InChI=1S/C23H16N3O4S/c27-21(16-9-11-17(12-10-16)22(28)29)26-23(30)25-19-14-24-18(13-20(19)31-26)8-4-7-15-5-2-1-3-6-15/h1-3,5-6,9-14,31H,7H2,(H,25,30)(H,28,29). The molecule has 2 N–H and O–H groups in total. The quantitative estimate of drug-likeness (QED) is 0.434. The van der Waals surface area contributed by atoms with E-state index < -0.39 is 17.9 Å². The second-order valence-electron chi connectivity index (χ2n) is 6.58. The molecule has 31 heavy (non-hydrogen) atoms. The average molecular weight is 430 g/mol. The smallest absolute Gasteiger partial charge is 0.338 e. The van der Waals surface area contributed by atoms with Crippen molar-refractivity contribution in [1.82, 2.24) is 9.29 Å². The molecule has 0 saturated heterocycles. The van der Waals surface area contributed by atoms with Gasteiger partial charge in [0.05, 0.1) is 17.4 Å². The lowest BCUT2D eigenvalue weighted by Crippen LogP contribution is -2.37. The van der Waals surface area contributed by atoms with E-state index in [-0.39, 0.29) is 11.1 Å². The Morgan fingerprint density at radius 2 is 1.77 bits per heavy atom. The number of anilines is 1. The van der Waals surface area contributed by atoms with Gasteiger partial charge in [0.25, 0.3) is 5.91 Å². The van der Waals surface area contributed by atoms with Crippen LogP contribution in [0.1, 0.15) is 32.0 Å². The zero-order valence-electron chi connectivity index (χ0n) is 16.1. The summed E-state index contributed by atoms with van der Waals surface area (Å²) in [6, 6.07) is 16.4. The summed E-state index contributed by atoms with van der Waals surface area (Å²) in [6.45, 7) is 0. The summed E-state index contributed by atoms with van der Waals surface area (Å²) < 4.78 is 1.04. The van der Waals surface area contributed by atoms with Crippen LogP contribution in [0.4, 0.5) is 10.5 Å². The number of carboxylic acids is 1. The number of amides is 3. The number of imide groups is 1. The largest absolute Gasteiger partial charge is 0.478 e. The highest BCUT2D eigenvalue weighted by Crippen LogP contribution is 2.35. The minimum atomic E-state index is -1.09. The van der Waals surface area contributed by atoms with Crippen molar-refractivity contribution in [1.29, 1.82) is 0 Å². The minimum Gasteiger partial charge on any atom is -0.478 e. The van der Waals surface area contributed by atoms with Gasteiger partial charge in [-0.3, -0.25) is 4.79 Å². The van der Waals surface area contributed by atoms with Gasteiger partial charge < -0.3 is 10.4 Å². The third-order valence-corrected chi connectivity index (χ3v) is 5.60. The lowest BCUT2D eigenvalue weighted by molar-refractivity contribution is 0.0695. The molecule has 0 spiro atoms. The van der Waals surface area contributed by atoms with Crippen molar-refractivity contribution >= 4 is 35.5 Å². The summed E-state index contributed by atoms with van der Waals surface area (Å²) in [5.74, 6) is 4.47. The first-order valence-electron chi connectivity index (χ1n) is 9.24. The van der Waals surface area contributed by atoms with E-state index in [1.54, 1.807) is 6.07 Å². The van der Waals surface area contributed by atoms with Crippen LogP contribution in [0.2, 0.25) is 0 Å². The summed E-state index contributed by atoms with van der Waals surface area (Å²) in [5, 5.41) is 11.6. The van der Waals surface area contributed by atoms with Crippen molar-refractivity contribution < 1.29 is 19.5 Å². The molecule has 0 unspecified atom stereocenters. The number of benzene rings is 2. The lowest BCUT2D eigenvalue weighted by atomic mass is 10.1. The Balaban J connectivity index is 1.52. The fraction of sp³-hybridized carbons (Fsp3) is 0.0435. The number of carboxylic acid groups (broad SMARTS) is 1. The molecule has 1 aliphatic rings. The number of hydrogen-bond acceptors (Lipinski definition) is 4. The number of carbonyl (C=O) groups is 3. The predicted molar refractivity (Wildman–Crippen MR) is 117 cm³/mol. The molecule has 153 valence electrons. The number of pyridine rings is 1. The maximum Gasteiger partial charge on any atom is 0.338 e. The van der Waals surface area contributed by atoms with Gasteiger partial charge in [-0.1, -0.05) is 48.2 Å². The highest BCUT2D eigenvalue weighted by molar-refractivity contribution is 7.98. The Bertz CT molecular complexity index is 1230. The lowest BCUT2D eigenvalue weighted by Gasteiger charge is -2.27. The molecule has 7 nitrogen and oxygen atoms in total. The van der Waals surface area contributed by atoms with Crippen LogP contribution in [-0.4, -0.2) is 32.3 Å². The SMILES string of the molecule is O=C(O)c1ccc(C(=O)N2[SH]c3cc(C#CCc4ccccc4)ncc3NC2=O)cc1. The van der Waals surface area contributed by atoms with Crippen LogP contribution < -0.4 is 5.32 Å². The number of aromatic nitrogens is 1. The van der Waals surface area contributed by atoms with Gasteiger partial charge in [0.1, 0.15) is 5.69 Å². The maximum atomic E-state index is 12.8. The Kier molecular flexibility index (Phi) is 5.69. The zero-order valence-corrected chi connectivity index (χ0v) is 17.0. The number of aromatic carboxylic acids is 1. The molecule has 0 aliphatic carbocycles. The van der Waals surface area contributed by atoms with Gasteiger partial charge in [-0.05, 0) is 41.8 Å². The van der Waals surface area contributed by atoms with E-state index in [2.05, 4.69) is 22.1 Å². The molecule has 2 aromatic carbocycles. The first-order chi connectivity index (χ1) is 15.0. The van der Waals surface area contributed by atoms with Crippen LogP contribution in [0.5, 0.6) is 0 Å². The highest BCUT2D eigenvalue weighted by Gasteiger charge is 2.29. The van der Waals surface area contributed by atoms with Crippen molar-refractivity contribution in [2.45, 2.75) is 11.3 Å². The van der Waals surface area contributed by atoms with Crippen molar-refractivity contribution in [3.8, 4) is 11.8 Å². The summed E-state index contributed by atoms with van der Waals surface area (Å²) in [6.07, 6.45) is 2.11. The summed E-state index contributed by atoms with van der Waals surface area (Å²) in [5.41, 5.74) is 2.44. The molecule has 0 fully saturated rings. The molecular formula is C23H16N3O4S. The molecule has 0 atom stereocenters. The summed E-state index contributed by atoms with van der Waals surface area (Å²) in [7, 11) is 0. The Hall–Kier alpha value is -4.09. The van der Waals surface area contributed by atoms with Crippen LogP contribution in [0.15, 0.2) is 71.8 Å². The number of thiol groups is 1. The summed E-state index contributed by atoms with van der Waals surface area (Å²) in [4.78, 5) is 41.1. The molecule has 0 bridgehead atoms. The number of fused-ring (bicyclic) bond motifs is 1. The van der Waals surface area contributed by atoms with Gasteiger partial charge in [-0.2, -0.15) is 0 Å². The third-order valence-electron chi connectivity index (χ3n) is 4.45. The molecule has 0 saturated carbocycles. The van der Waals surface area contributed by atoms with E-state index in [0.717, 1.165) is 9.87 Å². The monoisotopic (exact) mass is 430 g/mol. The Morgan fingerprint density at radius 1 is 1.06 bits per heavy atom. The molecule has 3 aromatic rings. The van der Waals surface area contributed by atoms with Crippen molar-refractivity contribution in [3.05, 3.63) is 89.2 Å². The van der Waals surface area contributed by atoms with Gasteiger partial charge in [0.15, 0.2) is 0 Å². The predicted octanol–water partition coefficient (Wildman–Crippen LogP) is 3.80. The second kappa shape index (κ2) is 8.73. The Labute approximate surface area is 182 Å². The topological polar surface area (TPSA) is 99.6 Å². The van der Waals surface area contributed by atoms with E-state index in [0.29, 0.717) is 34.6 Å². The van der Waals surface area contributed by atoms with Gasteiger partial charge >= 0.3 is 12.0 Å². The van der Waals surface area contributed by atoms with E-state index >= 15 is 0 Å². The number of carbonyl (C=O) groups excluding carboxylic acids is 2. The van der Waals surface area contributed by atoms with Crippen LogP contribution in [-0.2, 0) is 6.42 Å². The van der Waals surface area contributed by atoms with Crippen LogP contribution in [0, 0.1) is 11.8 Å². The van der Waals surface area contributed by atoms with Crippen molar-refractivity contribution in [2.24, 2.45) is 0 Å². The first-order valence-corrected chi connectivity index (χ1v) is 10.1. The van der Waals surface area contributed by atoms with Crippen LogP contribution >= 0.6 is 11.9 Å². The van der Waals surface area contributed by atoms with Gasteiger partial charge in [-0.15, -0.1) is 0 Å². The van der Waals surface area contributed by atoms with Gasteiger partial charge in [0.2, 0.25) is 0 Å². The molecule has 4 rings (SSSR count). The van der Waals surface area contributed by atoms with Crippen molar-refractivity contribution in [3.63, 3.8) is 0 Å². The number of nitrogens with zero attached hydrogens (tertiary/aromatic N) is 2. The molecule has 1 aliphatic heterocycles. The number of nitrogens with one attached hydrogen (secondary N) is 1.